The number of phenols is 1. The van der Waals surface area contributed by atoms with Crippen molar-refractivity contribution in [2.45, 2.75) is 37.8 Å². The minimum absolute atomic E-state index is 0.0371. The summed E-state index contributed by atoms with van der Waals surface area (Å²) >= 11 is 0. The molecule has 1 aliphatic rings. The van der Waals surface area contributed by atoms with Crippen molar-refractivity contribution in [3.8, 4) is 5.75 Å². The van der Waals surface area contributed by atoms with Gasteiger partial charge in [0.2, 0.25) is 11.8 Å². The molecule has 0 heterocycles. The van der Waals surface area contributed by atoms with Crippen LogP contribution in [-0.4, -0.2) is 35.5 Å². The molecule has 1 fully saturated rings. The number of hydrogen-bond donors (Lipinski definition) is 4. The summed E-state index contributed by atoms with van der Waals surface area (Å²) in [6, 6.07) is 6.24. The van der Waals surface area contributed by atoms with Gasteiger partial charge < -0.3 is 21.5 Å². The number of nitrogens with two attached hydrogens (primary N) is 1. The standard InChI is InChI=1S/C15H21N3O3/c16-13(9-10-1-5-12(19)6-2-10)15(21)17-8-7-14(20)18-11-3-4-11/h1-2,5-6,11,13,19H,3-4,7-9,16H2,(H,17,21)(H,18,20). The van der Waals surface area contributed by atoms with Crippen LogP contribution < -0.4 is 16.4 Å². The van der Waals surface area contributed by atoms with E-state index in [0.717, 1.165) is 18.4 Å². The van der Waals surface area contributed by atoms with Gasteiger partial charge >= 0.3 is 0 Å². The van der Waals surface area contributed by atoms with Crippen molar-refractivity contribution < 1.29 is 14.7 Å². The fraction of sp³-hybridized carbons (Fsp3) is 0.467. The van der Waals surface area contributed by atoms with Gasteiger partial charge in [-0.3, -0.25) is 9.59 Å². The molecule has 1 aromatic rings. The van der Waals surface area contributed by atoms with Crippen molar-refractivity contribution in [2.75, 3.05) is 6.54 Å². The Balaban J connectivity index is 1.66. The number of phenolic OH excluding ortho intramolecular Hbond substituents is 1. The van der Waals surface area contributed by atoms with Crippen LogP contribution in [0.4, 0.5) is 0 Å². The van der Waals surface area contributed by atoms with E-state index in [0.29, 0.717) is 19.0 Å². The molecular weight excluding hydrogens is 270 g/mol. The number of aromatic hydroxyl groups is 1. The lowest BCUT2D eigenvalue weighted by Crippen LogP contribution is -2.43. The normalized spacial score (nSPS) is 15.3. The Morgan fingerprint density at radius 3 is 2.57 bits per heavy atom. The maximum absolute atomic E-state index is 11.8. The van der Waals surface area contributed by atoms with Crippen LogP contribution in [0.15, 0.2) is 24.3 Å². The van der Waals surface area contributed by atoms with E-state index in [9.17, 15) is 14.7 Å². The zero-order valence-electron chi connectivity index (χ0n) is 11.8. The average molecular weight is 291 g/mol. The van der Waals surface area contributed by atoms with Gasteiger partial charge in [-0.05, 0) is 37.0 Å². The number of nitrogens with one attached hydrogen (secondary N) is 2. The molecule has 1 unspecified atom stereocenters. The lowest BCUT2D eigenvalue weighted by Gasteiger charge is -2.12. The SMILES string of the molecule is NC(Cc1ccc(O)cc1)C(=O)NCCC(=O)NC1CC1. The van der Waals surface area contributed by atoms with E-state index >= 15 is 0 Å². The fourth-order valence-electron chi connectivity index (χ4n) is 1.94. The van der Waals surface area contributed by atoms with E-state index in [4.69, 9.17) is 5.73 Å². The Hall–Kier alpha value is -2.08. The molecule has 2 amide bonds. The predicted octanol–water partition coefficient (Wildman–Crippen LogP) is 0.0469. The molecule has 6 nitrogen and oxygen atoms in total. The minimum Gasteiger partial charge on any atom is -0.508 e. The Morgan fingerprint density at radius 2 is 1.95 bits per heavy atom. The van der Waals surface area contributed by atoms with Gasteiger partial charge in [-0.1, -0.05) is 12.1 Å². The molecule has 1 aromatic carbocycles. The number of amides is 2. The van der Waals surface area contributed by atoms with Gasteiger partial charge in [-0.2, -0.15) is 0 Å². The Bertz CT molecular complexity index is 497. The van der Waals surface area contributed by atoms with Crippen molar-refractivity contribution in [3.63, 3.8) is 0 Å². The van der Waals surface area contributed by atoms with E-state index in [1.165, 1.54) is 0 Å². The highest BCUT2D eigenvalue weighted by atomic mass is 16.3. The second-order valence-corrected chi connectivity index (χ2v) is 5.36. The first kappa shape index (κ1) is 15.3. The highest BCUT2D eigenvalue weighted by molar-refractivity contribution is 5.83. The summed E-state index contributed by atoms with van der Waals surface area (Å²) in [6.45, 7) is 0.292. The van der Waals surface area contributed by atoms with Crippen LogP contribution in [0, 0.1) is 0 Å². The maximum atomic E-state index is 11.8. The van der Waals surface area contributed by atoms with E-state index in [1.54, 1.807) is 24.3 Å². The molecule has 0 aliphatic heterocycles. The third-order valence-electron chi connectivity index (χ3n) is 3.32. The predicted molar refractivity (Wildman–Crippen MR) is 78.6 cm³/mol. The number of carbonyl (C=O) groups is 2. The van der Waals surface area contributed by atoms with Crippen molar-refractivity contribution in [1.82, 2.24) is 10.6 Å². The quantitative estimate of drug-likeness (QED) is 0.569. The van der Waals surface area contributed by atoms with Crippen LogP contribution in [0.2, 0.25) is 0 Å². The smallest absolute Gasteiger partial charge is 0.237 e. The largest absolute Gasteiger partial charge is 0.508 e. The zero-order valence-corrected chi connectivity index (χ0v) is 11.8. The van der Waals surface area contributed by atoms with E-state index in [2.05, 4.69) is 10.6 Å². The first-order valence-electron chi connectivity index (χ1n) is 7.15. The zero-order chi connectivity index (χ0) is 15.2. The maximum Gasteiger partial charge on any atom is 0.237 e. The number of hydrogen-bond acceptors (Lipinski definition) is 4. The molecule has 1 atom stereocenters. The molecule has 5 N–H and O–H groups in total. The van der Waals surface area contributed by atoms with Gasteiger partial charge in [0.1, 0.15) is 5.75 Å². The number of carbonyl (C=O) groups excluding carboxylic acids is 2. The number of benzene rings is 1. The van der Waals surface area contributed by atoms with Gasteiger partial charge in [-0.15, -0.1) is 0 Å². The lowest BCUT2D eigenvalue weighted by molar-refractivity contribution is -0.123. The Labute approximate surface area is 123 Å². The van der Waals surface area contributed by atoms with Gasteiger partial charge in [0.25, 0.3) is 0 Å². The average Bonchev–Trinajstić information content (AvgIpc) is 3.25. The van der Waals surface area contributed by atoms with Gasteiger partial charge in [0, 0.05) is 19.0 Å². The van der Waals surface area contributed by atoms with Crippen LogP contribution >= 0.6 is 0 Å². The van der Waals surface area contributed by atoms with E-state index in [-0.39, 0.29) is 24.0 Å². The van der Waals surface area contributed by atoms with Crippen LogP contribution in [0.5, 0.6) is 5.75 Å². The summed E-state index contributed by atoms with van der Waals surface area (Å²) in [6.07, 6.45) is 2.76. The molecule has 0 saturated heterocycles. The molecule has 21 heavy (non-hydrogen) atoms. The van der Waals surface area contributed by atoms with Gasteiger partial charge in [0.05, 0.1) is 6.04 Å². The van der Waals surface area contributed by atoms with Crippen LogP contribution in [0.3, 0.4) is 0 Å². The molecule has 0 aromatic heterocycles. The second-order valence-electron chi connectivity index (χ2n) is 5.36. The first-order chi connectivity index (χ1) is 10.0. The van der Waals surface area contributed by atoms with Crippen LogP contribution in [-0.2, 0) is 16.0 Å². The topological polar surface area (TPSA) is 104 Å². The lowest BCUT2D eigenvalue weighted by atomic mass is 10.1. The third-order valence-corrected chi connectivity index (χ3v) is 3.32. The molecule has 114 valence electrons. The second kappa shape index (κ2) is 7.08. The van der Waals surface area contributed by atoms with Crippen molar-refractivity contribution in [2.24, 2.45) is 5.73 Å². The summed E-state index contributed by atoms with van der Waals surface area (Å²) in [5.74, 6) is -0.134. The molecule has 1 aliphatic carbocycles. The fourth-order valence-corrected chi connectivity index (χ4v) is 1.94. The van der Waals surface area contributed by atoms with Crippen LogP contribution in [0.25, 0.3) is 0 Å². The van der Waals surface area contributed by atoms with Crippen LogP contribution in [0.1, 0.15) is 24.8 Å². The highest BCUT2D eigenvalue weighted by Crippen LogP contribution is 2.18. The summed E-state index contributed by atoms with van der Waals surface area (Å²) < 4.78 is 0. The molecular formula is C15H21N3O3. The molecule has 6 heteroatoms. The number of rotatable bonds is 7. The molecule has 1 saturated carbocycles. The minimum atomic E-state index is -0.666. The first-order valence-corrected chi connectivity index (χ1v) is 7.15. The van der Waals surface area contributed by atoms with Crippen molar-refractivity contribution >= 4 is 11.8 Å². The molecule has 0 radical (unpaired) electrons. The van der Waals surface area contributed by atoms with Crippen molar-refractivity contribution in [3.05, 3.63) is 29.8 Å². The monoisotopic (exact) mass is 291 g/mol. The van der Waals surface area contributed by atoms with Crippen molar-refractivity contribution in [1.29, 1.82) is 0 Å². The Kier molecular flexibility index (Phi) is 5.16. The highest BCUT2D eigenvalue weighted by Gasteiger charge is 2.23. The molecule has 2 rings (SSSR count). The van der Waals surface area contributed by atoms with E-state index < -0.39 is 6.04 Å². The summed E-state index contributed by atoms with van der Waals surface area (Å²) in [5, 5.41) is 14.7. The molecule has 0 spiro atoms. The van der Waals surface area contributed by atoms with Gasteiger partial charge in [-0.25, -0.2) is 0 Å². The van der Waals surface area contributed by atoms with Gasteiger partial charge in [0.15, 0.2) is 0 Å². The summed E-state index contributed by atoms with van der Waals surface area (Å²) in [5.41, 5.74) is 6.70. The summed E-state index contributed by atoms with van der Waals surface area (Å²) in [7, 11) is 0. The molecule has 0 bridgehead atoms. The summed E-state index contributed by atoms with van der Waals surface area (Å²) in [4.78, 5) is 23.3. The Morgan fingerprint density at radius 1 is 1.29 bits per heavy atom. The third kappa shape index (κ3) is 5.43. The van der Waals surface area contributed by atoms with E-state index in [1.807, 2.05) is 0 Å².